The lowest BCUT2D eigenvalue weighted by atomic mass is 9.81. The molecule has 25 heavy (non-hydrogen) atoms. The van der Waals surface area contributed by atoms with Gasteiger partial charge in [0, 0.05) is 12.3 Å². The van der Waals surface area contributed by atoms with E-state index in [9.17, 15) is 32.5 Å². The van der Waals surface area contributed by atoms with E-state index in [1.165, 1.54) is 12.1 Å². The summed E-state index contributed by atoms with van der Waals surface area (Å²) in [6, 6.07) is 1.69. The first-order valence-electron chi connectivity index (χ1n) is 7.04. The molecule has 136 valence electrons. The van der Waals surface area contributed by atoms with Crippen LogP contribution < -0.4 is 5.73 Å². The van der Waals surface area contributed by atoms with Crippen LogP contribution in [0.5, 0.6) is 0 Å². The number of β-lactam (4-membered cyclic amide) rings is 1. The highest BCUT2D eigenvalue weighted by atomic mass is 32.2. The van der Waals surface area contributed by atoms with Crippen LogP contribution >= 0.6 is 11.8 Å². The normalized spacial score (nSPS) is 30.3. The number of amides is 1. The lowest BCUT2D eigenvalue weighted by molar-refractivity contribution is -0.156. The molecule has 0 saturated carbocycles. The molecule has 4 atom stereocenters. The highest BCUT2D eigenvalue weighted by Crippen LogP contribution is 2.45. The van der Waals surface area contributed by atoms with Crippen molar-refractivity contribution in [2.75, 3.05) is 12.3 Å². The molecule has 1 aromatic heterocycles. The number of carbonyl (C=O) groups is 3. The molecule has 3 heterocycles. The molecular formula is C13H14N2O8S2. The Hall–Kier alpha value is -1.89. The van der Waals surface area contributed by atoms with E-state index in [-0.39, 0.29) is 5.75 Å². The molecule has 0 aromatic carbocycles. The van der Waals surface area contributed by atoms with Crippen LogP contribution in [0.1, 0.15) is 10.6 Å². The highest BCUT2D eigenvalue weighted by Gasteiger charge is 2.63. The van der Waals surface area contributed by atoms with Crippen LogP contribution in [-0.4, -0.2) is 69.6 Å². The third-order valence-corrected chi connectivity index (χ3v) is 7.21. The smallest absolute Gasteiger partial charge is 0.314 e. The summed E-state index contributed by atoms with van der Waals surface area (Å²) < 4.78 is 38.3. The molecule has 3 unspecified atom stereocenters. The number of carboxylic acids is 1. The van der Waals surface area contributed by atoms with E-state index >= 15 is 0 Å². The number of aliphatic carboxylic acids is 1. The molecule has 0 aliphatic carbocycles. The van der Waals surface area contributed by atoms with E-state index in [4.69, 9.17) is 10.2 Å². The first kappa shape index (κ1) is 17.9. The van der Waals surface area contributed by atoms with Gasteiger partial charge in [0.25, 0.3) is 10.1 Å². The Balaban J connectivity index is 2.06. The summed E-state index contributed by atoms with van der Waals surface area (Å²) in [6.45, 7) is -0.552. The van der Waals surface area contributed by atoms with Gasteiger partial charge in [-0.05, 0) is 12.1 Å². The van der Waals surface area contributed by atoms with Crippen molar-refractivity contribution in [3.8, 4) is 0 Å². The predicted octanol–water partition coefficient (Wildman–Crippen LogP) is -0.968. The number of hydrogen-bond donors (Lipinski definition) is 3. The van der Waals surface area contributed by atoms with Crippen molar-refractivity contribution in [1.29, 1.82) is 0 Å². The Bertz CT molecular complexity index is 836. The van der Waals surface area contributed by atoms with Crippen molar-refractivity contribution in [3.05, 3.63) is 24.2 Å². The van der Waals surface area contributed by atoms with Gasteiger partial charge in [-0.3, -0.25) is 18.9 Å². The Morgan fingerprint density at radius 1 is 1.48 bits per heavy atom. The van der Waals surface area contributed by atoms with Gasteiger partial charge in [0.2, 0.25) is 11.7 Å². The van der Waals surface area contributed by atoms with E-state index in [2.05, 4.69) is 0 Å². The number of carbonyl (C=O) groups excluding carboxylic acids is 2. The van der Waals surface area contributed by atoms with E-state index in [1.807, 2.05) is 0 Å². The lowest BCUT2D eigenvalue weighted by Crippen LogP contribution is -2.74. The number of carboxylic acid groups (broad SMARTS) is 1. The Kier molecular flexibility index (Phi) is 4.18. The second kappa shape index (κ2) is 5.83. The number of nitrogens with two attached hydrogens (primary N) is 1. The van der Waals surface area contributed by atoms with Gasteiger partial charge in [0.15, 0.2) is 11.0 Å². The molecule has 2 fully saturated rings. The standard InChI is InChI=1S/C13H14N2O8S2/c14-7-10(17)15-4-13(12(18)19,5-24-11(7)15)9(25(20,21)22)8(16)6-2-1-3-23-6/h1-3,7,9,11H,4-5,14H2,(H,18,19)(H,20,21,22)/t7?,9?,11-,13?/m1/s1. The fraction of sp³-hybridized carbons (Fsp3) is 0.462. The van der Waals surface area contributed by atoms with Crippen molar-refractivity contribution < 1.29 is 36.9 Å². The highest BCUT2D eigenvalue weighted by molar-refractivity contribution is 8.00. The minimum atomic E-state index is -5.11. The van der Waals surface area contributed by atoms with Crippen molar-refractivity contribution in [1.82, 2.24) is 4.90 Å². The van der Waals surface area contributed by atoms with Gasteiger partial charge in [0.05, 0.1) is 6.26 Å². The van der Waals surface area contributed by atoms with Gasteiger partial charge < -0.3 is 20.2 Å². The van der Waals surface area contributed by atoms with Gasteiger partial charge in [-0.25, -0.2) is 0 Å². The summed E-state index contributed by atoms with van der Waals surface area (Å²) >= 11 is 0.960. The number of hydrogen-bond acceptors (Lipinski definition) is 8. The van der Waals surface area contributed by atoms with E-state index in [0.717, 1.165) is 22.9 Å². The molecule has 2 aliphatic heterocycles. The number of rotatable bonds is 5. The first-order valence-corrected chi connectivity index (χ1v) is 9.60. The largest absolute Gasteiger partial charge is 0.481 e. The third kappa shape index (κ3) is 2.65. The second-order valence-corrected chi connectivity index (χ2v) is 8.50. The summed E-state index contributed by atoms with van der Waals surface area (Å²) in [5, 5.41) is 6.90. The fourth-order valence-corrected chi connectivity index (χ4v) is 5.97. The van der Waals surface area contributed by atoms with Gasteiger partial charge >= 0.3 is 5.97 Å². The SMILES string of the molecule is NC1C(=O)N2CC(C(=O)O)(C(C(=O)c3ccco3)S(=O)(=O)O)CS[C@H]12. The fourth-order valence-electron chi connectivity index (χ4n) is 3.12. The molecule has 2 aliphatic rings. The predicted molar refractivity (Wildman–Crippen MR) is 84.4 cm³/mol. The quantitative estimate of drug-likeness (QED) is 0.323. The summed E-state index contributed by atoms with van der Waals surface area (Å²) in [4.78, 5) is 37.5. The Morgan fingerprint density at radius 2 is 2.16 bits per heavy atom. The molecule has 12 heteroatoms. The van der Waals surface area contributed by atoms with Crippen LogP contribution in [0, 0.1) is 5.41 Å². The molecule has 4 N–H and O–H groups in total. The van der Waals surface area contributed by atoms with E-state index in [1.54, 1.807) is 0 Å². The van der Waals surface area contributed by atoms with E-state index < -0.39 is 62.2 Å². The topological polar surface area (TPSA) is 168 Å². The minimum absolute atomic E-state index is 0.318. The monoisotopic (exact) mass is 390 g/mol. The molecular weight excluding hydrogens is 376 g/mol. The van der Waals surface area contributed by atoms with Gasteiger partial charge in [0.1, 0.15) is 16.8 Å². The van der Waals surface area contributed by atoms with Crippen molar-refractivity contribution in [2.24, 2.45) is 11.1 Å². The minimum Gasteiger partial charge on any atom is -0.481 e. The second-order valence-electron chi connectivity index (χ2n) is 5.89. The summed E-state index contributed by atoms with van der Waals surface area (Å²) in [6.07, 6.45) is 1.12. The van der Waals surface area contributed by atoms with Crippen molar-refractivity contribution in [2.45, 2.75) is 16.7 Å². The molecule has 2 saturated heterocycles. The van der Waals surface area contributed by atoms with Gasteiger partial charge in [-0.2, -0.15) is 8.42 Å². The van der Waals surface area contributed by atoms with Crippen molar-refractivity contribution in [3.63, 3.8) is 0 Å². The van der Waals surface area contributed by atoms with Crippen molar-refractivity contribution >= 4 is 39.5 Å². The van der Waals surface area contributed by atoms with Crippen LogP contribution in [0.3, 0.4) is 0 Å². The van der Waals surface area contributed by atoms with Gasteiger partial charge in [-0.15, -0.1) is 11.8 Å². The summed E-state index contributed by atoms with van der Waals surface area (Å²) in [5.41, 5.74) is 3.40. The maximum atomic E-state index is 12.6. The zero-order valence-electron chi connectivity index (χ0n) is 12.6. The lowest BCUT2D eigenvalue weighted by Gasteiger charge is -2.53. The number of nitrogens with zero attached hydrogens (tertiary/aromatic N) is 1. The summed E-state index contributed by atoms with van der Waals surface area (Å²) in [5.74, 6) is -4.06. The number of furan rings is 1. The zero-order chi connectivity index (χ0) is 18.6. The molecule has 0 radical (unpaired) electrons. The first-order chi connectivity index (χ1) is 11.6. The average Bonchev–Trinajstić information content (AvgIpc) is 3.07. The Labute approximate surface area is 146 Å². The van der Waals surface area contributed by atoms with Crippen LogP contribution in [0.25, 0.3) is 0 Å². The number of Topliss-reactive ketones (excluding diaryl/α,β-unsaturated/α-hetero) is 1. The van der Waals surface area contributed by atoms with Crippen LogP contribution in [0.15, 0.2) is 22.8 Å². The number of ketones is 1. The molecule has 1 aromatic rings. The third-order valence-electron chi connectivity index (χ3n) is 4.37. The maximum Gasteiger partial charge on any atom is 0.314 e. The molecule has 10 nitrogen and oxygen atoms in total. The average molecular weight is 390 g/mol. The molecule has 3 rings (SSSR count). The zero-order valence-corrected chi connectivity index (χ0v) is 14.2. The van der Waals surface area contributed by atoms with Crippen LogP contribution in [0.2, 0.25) is 0 Å². The van der Waals surface area contributed by atoms with Gasteiger partial charge in [-0.1, -0.05) is 0 Å². The molecule has 0 spiro atoms. The van der Waals surface area contributed by atoms with Crippen LogP contribution in [0.4, 0.5) is 0 Å². The number of fused-ring (bicyclic) bond motifs is 1. The van der Waals surface area contributed by atoms with E-state index in [0.29, 0.717) is 0 Å². The Morgan fingerprint density at radius 3 is 2.68 bits per heavy atom. The number of thioether (sulfide) groups is 1. The molecule has 0 bridgehead atoms. The molecule has 1 amide bonds. The summed E-state index contributed by atoms with van der Waals surface area (Å²) in [7, 11) is -5.11. The maximum absolute atomic E-state index is 12.6. The van der Waals surface area contributed by atoms with Crippen LogP contribution in [-0.2, 0) is 19.7 Å².